The van der Waals surface area contributed by atoms with E-state index in [1.54, 1.807) is 0 Å². The number of nitrogens with one attached hydrogen (secondary N) is 4. The molecule has 7 heteroatoms. The molecule has 0 spiro atoms. The Morgan fingerprint density at radius 2 is 1.76 bits per heavy atom. The molecule has 0 aliphatic carbocycles. The molecule has 0 radical (unpaired) electrons. The van der Waals surface area contributed by atoms with Gasteiger partial charge in [-0.15, -0.1) is 0 Å². The number of carbonyl (C=O) groups is 2. The summed E-state index contributed by atoms with van der Waals surface area (Å²) in [6.07, 6.45) is 0. The molecular formula is C18H29ClN4O2+2. The number of rotatable bonds is 4. The summed E-state index contributed by atoms with van der Waals surface area (Å²) in [4.78, 5) is 26.4. The van der Waals surface area contributed by atoms with Crippen molar-refractivity contribution in [3.05, 3.63) is 34.9 Å². The fourth-order valence-electron chi connectivity index (χ4n) is 3.02. The van der Waals surface area contributed by atoms with E-state index in [9.17, 15) is 9.59 Å². The van der Waals surface area contributed by atoms with Crippen molar-refractivity contribution >= 4 is 23.5 Å². The van der Waals surface area contributed by atoms with E-state index >= 15 is 0 Å². The predicted molar refractivity (Wildman–Crippen MR) is 97.8 cm³/mol. The first kappa shape index (κ1) is 19.7. The second-order valence-corrected chi connectivity index (χ2v) is 8.17. The highest BCUT2D eigenvalue weighted by atomic mass is 35.5. The minimum Gasteiger partial charge on any atom is -0.333 e. The van der Waals surface area contributed by atoms with Crippen LogP contribution in [0.2, 0.25) is 5.02 Å². The number of halogens is 1. The van der Waals surface area contributed by atoms with Crippen LogP contribution >= 0.6 is 11.6 Å². The molecule has 1 aromatic carbocycles. The van der Waals surface area contributed by atoms with Crippen LogP contribution in [0.15, 0.2) is 24.3 Å². The van der Waals surface area contributed by atoms with Gasteiger partial charge < -0.3 is 15.1 Å². The highest BCUT2D eigenvalue weighted by Crippen LogP contribution is 2.09. The molecule has 1 aliphatic rings. The Kier molecular flexibility index (Phi) is 6.81. The Hall–Kier alpha value is -1.63. The van der Waals surface area contributed by atoms with Crippen LogP contribution < -0.4 is 20.4 Å². The maximum absolute atomic E-state index is 12.0. The predicted octanol–water partition coefficient (Wildman–Crippen LogP) is -0.752. The normalized spacial score (nSPS) is 20.8. The second-order valence-electron chi connectivity index (χ2n) is 7.74. The number of hydrogen-bond acceptors (Lipinski definition) is 2. The van der Waals surface area contributed by atoms with Gasteiger partial charge in [-0.3, -0.25) is 10.1 Å². The van der Waals surface area contributed by atoms with Crippen LogP contribution in [0.4, 0.5) is 4.79 Å². The van der Waals surface area contributed by atoms with Gasteiger partial charge in [0.2, 0.25) is 0 Å². The summed E-state index contributed by atoms with van der Waals surface area (Å²) >= 11 is 6.03. The fourth-order valence-corrected chi connectivity index (χ4v) is 3.23. The lowest BCUT2D eigenvalue weighted by atomic mass is 10.1. The molecule has 4 N–H and O–H groups in total. The largest absolute Gasteiger partial charge is 0.333 e. The maximum Gasteiger partial charge on any atom is 0.322 e. The second kappa shape index (κ2) is 8.65. The van der Waals surface area contributed by atoms with Crippen molar-refractivity contribution in [1.29, 1.82) is 0 Å². The molecule has 1 saturated heterocycles. The number of amides is 3. The van der Waals surface area contributed by atoms with Crippen LogP contribution in [0, 0.1) is 0 Å². The molecule has 2 rings (SSSR count). The zero-order chi connectivity index (χ0) is 18.4. The summed E-state index contributed by atoms with van der Waals surface area (Å²) in [5.74, 6) is -0.227. The first-order valence-corrected chi connectivity index (χ1v) is 9.12. The van der Waals surface area contributed by atoms with Gasteiger partial charge in [-0.05, 0) is 32.9 Å². The summed E-state index contributed by atoms with van der Waals surface area (Å²) in [6.45, 7) is 10.8. The molecule has 0 atom stereocenters. The Balaban J connectivity index is 1.71. The number of carbonyl (C=O) groups excluding carboxylic acids is 2. The van der Waals surface area contributed by atoms with Crippen LogP contribution in [0.3, 0.4) is 0 Å². The summed E-state index contributed by atoms with van der Waals surface area (Å²) in [7, 11) is 0. The van der Waals surface area contributed by atoms with Crippen LogP contribution in [0.5, 0.6) is 0 Å². The van der Waals surface area contributed by atoms with Crippen molar-refractivity contribution < 1.29 is 19.4 Å². The quantitative estimate of drug-likeness (QED) is 0.565. The number of quaternary nitrogens is 2. The lowest BCUT2D eigenvalue weighted by Gasteiger charge is -2.29. The van der Waals surface area contributed by atoms with Crippen LogP contribution in [0.25, 0.3) is 0 Å². The van der Waals surface area contributed by atoms with Gasteiger partial charge in [0.25, 0.3) is 5.91 Å². The third-order valence-corrected chi connectivity index (χ3v) is 4.39. The van der Waals surface area contributed by atoms with Gasteiger partial charge in [-0.2, -0.15) is 0 Å². The van der Waals surface area contributed by atoms with E-state index in [0.29, 0.717) is 6.54 Å². The first-order chi connectivity index (χ1) is 11.7. The van der Waals surface area contributed by atoms with Gasteiger partial charge >= 0.3 is 6.03 Å². The van der Waals surface area contributed by atoms with Gasteiger partial charge in [-0.1, -0.05) is 23.7 Å². The topological polar surface area (TPSA) is 67.1 Å². The monoisotopic (exact) mass is 368 g/mol. The zero-order valence-corrected chi connectivity index (χ0v) is 16.0. The van der Waals surface area contributed by atoms with Crippen molar-refractivity contribution in [2.45, 2.75) is 32.9 Å². The standard InChI is InChI=1S/C18H27ClN4O2/c1-18(2,3)21-17(25)20-16(24)13-23-9-7-22(8-10-23)12-14-5-4-6-15(19)11-14/h4-6,11H,7-10,12-13H2,1-3H3,(H2,20,21,24,25)/p+2. The number of urea groups is 1. The highest BCUT2D eigenvalue weighted by Gasteiger charge is 2.26. The van der Waals surface area contributed by atoms with Crippen molar-refractivity contribution in [3.63, 3.8) is 0 Å². The van der Waals surface area contributed by atoms with E-state index in [-0.39, 0.29) is 11.4 Å². The molecular weight excluding hydrogens is 340 g/mol. The molecule has 1 aromatic rings. The van der Waals surface area contributed by atoms with Gasteiger partial charge in [0.15, 0.2) is 6.54 Å². The van der Waals surface area contributed by atoms with E-state index in [4.69, 9.17) is 11.6 Å². The van der Waals surface area contributed by atoms with Crippen molar-refractivity contribution in [2.75, 3.05) is 32.7 Å². The molecule has 0 unspecified atom stereocenters. The minimum absolute atomic E-state index is 0.227. The Morgan fingerprint density at radius 1 is 1.12 bits per heavy atom. The lowest BCUT2D eigenvalue weighted by molar-refractivity contribution is -1.02. The van der Waals surface area contributed by atoms with E-state index in [2.05, 4.69) is 16.7 Å². The van der Waals surface area contributed by atoms with Crippen molar-refractivity contribution in [1.82, 2.24) is 10.6 Å². The Labute approximate surface area is 154 Å². The van der Waals surface area contributed by atoms with Crippen LogP contribution in [-0.2, 0) is 11.3 Å². The summed E-state index contributed by atoms with van der Waals surface area (Å²) in [6, 6.07) is 7.54. The number of imide groups is 1. The molecule has 6 nitrogen and oxygen atoms in total. The van der Waals surface area contributed by atoms with E-state index in [1.807, 2.05) is 39.0 Å². The summed E-state index contributed by atoms with van der Waals surface area (Å²) < 4.78 is 0. The Bertz CT molecular complexity index is 607. The van der Waals surface area contributed by atoms with E-state index in [1.165, 1.54) is 15.4 Å². The molecule has 1 aliphatic heterocycles. The molecule has 0 saturated carbocycles. The number of piperazine rings is 1. The van der Waals surface area contributed by atoms with Gasteiger partial charge in [0.05, 0.1) is 0 Å². The molecule has 0 aromatic heterocycles. The Morgan fingerprint density at radius 3 is 2.36 bits per heavy atom. The number of hydrogen-bond donors (Lipinski definition) is 4. The first-order valence-electron chi connectivity index (χ1n) is 8.75. The lowest BCUT2D eigenvalue weighted by Crippen LogP contribution is -3.28. The molecule has 0 bridgehead atoms. The molecule has 1 heterocycles. The van der Waals surface area contributed by atoms with E-state index in [0.717, 1.165) is 37.7 Å². The van der Waals surface area contributed by atoms with Crippen molar-refractivity contribution in [3.8, 4) is 0 Å². The third-order valence-electron chi connectivity index (χ3n) is 4.16. The zero-order valence-electron chi connectivity index (χ0n) is 15.2. The van der Waals surface area contributed by atoms with Crippen molar-refractivity contribution in [2.24, 2.45) is 0 Å². The molecule has 25 heavy (non-hydrogen) atoms. The molecule has 1 fully saturated rings. The van der Waals surface area contributed by atoms with Gasteiger partial charge in [0, 0.05) is 16.1 Å². The maximum atomic E-state index is 12.0. The SMILES string of the molecule is CC(C)(C)NC(=O)NC(=O)C[NH+]1CC[NH+](Cc2cccc(Cl)c2)CC1. The summed E-state index contributed by atoms with van der Waals surface area (Å²) in [5, 5.41) is 5.91. The number of benzene rings is 1. The minimum atomic E-state index is -0.429. The molecule has 3 amide bonds. The van der Waals surface area contributed by atoms with E-state index < -0.39 is 6.03 Å². The van der Waals surface area contributed by atoms with Crippen LogP contribution in [0.1, 0.15) is 26.3 Å². The van der Waals surface area contributed by atoms with Crippen LogP contribution in [-0.4, -0.2) is 50.2 Å². The van der Waals surface area contributed by atoms with Gasteiger partial charge in [-0.25, -0.2) is 4.79 Å². The fraction of sp³-hybridized carbons (Fsp3) is 0.556. The van der Waals surface area contributed by atoms with Gasteiger partial charge in [0.1, 0.15) is 32.7 Å². The molecule has 138 valence electrons. The summed E-state index contributed by atoms with van der Waals surface area (Å²) in [5.41, 5.74) is 0.884. The average molecular weight is 369 g/mol. The average Bonchev–Trinajstić information content (AvgIpc) is 2.47. The highest BCUT2D eigenvalue weighted by molar-refractivity contribution is 6.30. The smallest absolute Gasteiger partial charge is 0.322 e. The third kappa shape index (κ3) is 7.42.